The van der Waals surface area contributed by atoms with Gasteiger partial charge in [0, 0.05) is 33.5 Å². The van der Waals surface area contributed by atoms with Crippen LogP contribution in [0.3, 0.4) is 0 Å². The molecule has 0 aliphatic heterocycles. The van der Waals surface area contributed by atoms with E-state index >= 15 is 0 Å². The maximum Gasteiger partial charge on any atom is 0.309 e. The summed E-state index contributed by atoms with van der Waals surface area (Å²) in [7, 11) is 0. The number of hydrogen-bond acceptors (Lipinski definition) is 3. The summed E-state index contributed by atoms with van der Waals surface area (Å²) in [6, 6.07) is 5.05. The average molecular weight is 484 g/mol. The molecule has 4 nitrogen and oxygen atoms in total. The number of halogens is 4. The topological polar surface area (TPSA) is 66.4 Å². The molecular formula is C24H25F4NO3S. The van der Waals surface area contributed by atoms with Crippen molar-refractivity contribution in [1.29, 1.82) is 0 Å². The lowest BCUT2D eigenvalue weighted by Crippen LogP contribution is -2.43. The molecule has 1 aliphatic rings. The number of aliphatic carboxylic acids is 1. The molecule has 0 aromatic heterocycles. The highest BCUT2D eigenvalue weighted by atomic mass is 32.2. The third-order valence-corrected chi connectivity index (χ3v) is 7.85. The van der Waals surface area contributed by atoms with E-state index in [1.807, 2.05) is 13.8 Å². The molecule has 3 unspecified atom stereocenters. The van der Waals surface area contributed by atoms with Gasteiger partial charge in [-0.2, -0.15) is 0 Å². The first-order valence-electron chi connectivity index (χ1n) is 10.8. The molecule has 1 saturated carbocycles. The van der Waals surface area contributed by atoms with Crippen molar-refractivity contribution >= 4 is 29.3 Å². The molecule has 1 aliphatic carbocycles. The summed E-state index contributed by atoms with van der Waals surface area (Å²) in [5.74, 6) is -6.59. The number of amides is 1. The fourth-order valence-corrected chi connectivity index (χ4v) is 5.89. The van der Waals surface area contributed by atoms with Crippen LogP contribution in [0.25, 0.3) is 0 Å². The van der Waals surface area contributed by atoms with E-state index in [2.05, 4.69) is 5.32 Å². The molecule has 178 valence electrons. The molecule has 0 radical (unpaired) electrons. The van der Waals surface area contributed by atoms with Gasteiger partial charge in [0.2, 0.25) is 0 Å². The Morgan fingerprint density at radius 3 is 2.33 bits per heavy atom. The number of hydrogen-bond donors (Lipinski definition) is 2. The molecule has 3 atom stereocenters. The zero-order valence-electron chi connectivity index (χ0n) is 18.3. The van der Waals surface area contributed by atoms with Crippen molar-refractivity contribution in [3.8, 4) is 0 Å². The van der Waals surface area contributed by atoms with E-state index in [4.69, 9.17) is 0 Å². The molecule has 0 saturated heterocycles. The number of carbonyl (C=O) groups is 2. The van der Waals surface area contributed by atoms with Crippen LogP contribution in [0.1, 0.15) is 56.3 Å². The molecule has 1 amide bonds. The lowest BCUT2D eigenvalue weighted by atomic mass is 9.63. The fourth-order valence-electron chi connectivity index (χ4n) is 4.59. The van der Waals surface area contributed by atoms with E-state index in [0.717, 1.165) is 6.07 Å². The zero-order valence-corrected chi connectivity index (χ0v) is 19.1. The molecule has 2 aromatic rings. The zero-order chi connectivity index (χ0) is 24.3. The van der Waals surface area contributed by atoms with Gasteiger partial charge in [-0.05, 0) is 49.8 Å². The summed E-state index contributed by atoms with van der Waals surface area (Å²) in [5, 5.41) is 12.1. The summed E-state index contributed by atoms with van der Waals surface area (Å²) in [6.45, 7) is 3.84. The lowest BCUT2D eigenvalue weighted by Gasteiger charge is -2.43. The lowest BCUT2D eigenvalue weighted by molar-refractivity contribution is -0.155. The third-order valence-electron chi connectivity index (χ3n) is 6.52. The Morgan fingerprint density at radius 2 is 1.76 bits per heavy atom. The third kappa shape index (κ3) is 5.18. The van der Waals surface area contributed by atoms with Crippen molar-refractivity contribution in [3.05, 3.63) is 59.2 Å². The summed E-state index contributed by atoms with van der Waals surface area (Å²) in [5.41, 5.74) is -0.968. The molecule has 0 heterocycles. The Balaban J connectivity index is 1.76. The molecular weight excluding hydrogens is 458 g/mol. The van der Waals surface area contributed by atoms with Gasteiger partial charge in [-0.15, -0.1) is 11.8 Å². The predicted molar refractivity (Wildman–Crippen MR) is 118 cm³/mol. The minimum Gasteiger partial charge on any atom is -0.481 e. The van der Waals surface area contributed by atoms with Crippen molar-refractivity contribution in [2.75, 3.05) is 5.32 Å². The second kappa shape index (κ2) is 10.2. The number of thioether (sulfide) groups is 1. The number of rotatable bonds is 7. The number of carboxylic acids is 1. The standard InChI is InChI=1S/C24H25F4NO3S/c1-3-14-10-16(7-8-24(14,4-2)23(31)32)33-20-9-13(5-6-17(20)25)22(30)29-15-11-18(26)21(28)19(27)12-15/h5-6,9,11-12,14,16H,3-4,7-8,10H2,1-2H3,(H,29,30)(H,31,32). The predicted octanol–water partition coefficient (Wildman–Crippen LogP) is 6.65. The molecule has 2 aromatic carbocycles. The van der Waals surface area contributed by atoms with Crippen molar-refractivity contribution < 1.29 is 32.3 Å². The first-order valence-corrected chi connectivity index (χ1v) is 11.6. The SMILES string of the molecule is CCC1CC(Sc2cc(C(=O)Nc3cc(F)c(F)c(F)c3)ccc2F)CCC1(CC)C(=O)O. The maximum atomic E-state index is 14.5. The van der Waals surface area contributed by atoms with E-state index < -0.39 is 40.6 Å². The first kappa shape index (κ1) is 25.1. The van der Waals surface area contributed by atoms with Gasteiger partial charge in [-0.3, -0.25) is 9.59 Å². The minimum absolute atomic E-state index is 0.0120. The highest BCUT2D eigenvalue weighted by molar-refractivity contribution is 8.00. The van der Waals surface area contributed by atoms with Crippen LogP contribution in [-0.4, -0.2) is 22.2 Å². The number of anilines is 1. The second-order valence-corrected chi connectivity index (χ2v) is 9.63. The van der Waals surface area contributed by atoms with Gasteiger partial charge in [0.25, 0.3) is 5.91 Å². The van der Waals surface area contributed by atoms with E-state index in [-0.39, 0.29) is 27.3 Å². The van der Waals surface area contributed by atoms with E-state index in [9.17, 15) is 32.3 Å². The molecule has 1 fully saturated rings. The highest BCUT2D eigenvalue weighted by Crippen LogP contribution is 2.49. The molecule has 33 heavy (non-hydrogen) atoms. The highest BCUT2D eigenvalue weighted by Gasteiger charge is 2.47. The number of carbonyl (C=O) groups excluding carboxylic acids is 1. The van der Waals surface area contributed by atoms with Crippen molar-refractivity contribution in [3.63, 3.8) is 0 Å². The number of carboxylic acid groups (broad SMARTS) is 1. The van der Waals surface area contributed by atoms with Crippen LogP contribution in [0.4, 0.5) is 23.2 Å². The maximum absolute atomic E-state index is 14.5. The Bertz CT molecular complexity index is 1040. The van der Waals surface area contributed by atoms with Gasteiger partial charge in [0.05, 0.1) is 5.41 Å². The monoisotopic (exact) mass is 483 g/mol. The smallest absolute Gasteiger partial charge is 0.309 e. The quantitative estimate of drug-likeness (QED) is 0.342. The summed E-state index contributed by atoms with van der Waals surface area (Å²) < 4.78 is 54.4. The Morgan fingerprint density at radius 1 is 1.09 bits per heavy atom. The van der Waals surface area contributed by atoms with Crippen LogP contribution in [-0.2, 0) is 4.79 Å². The second-order valence-electron chi connectivity index (χ2n) is 8.29. The van der Waals surface area contributed by atoms with E-state index in [0.29, 0.717) is 44.2 Å². The van der Waals surface area contributed by atoms with Crippen LogP contribution in [0, 0.1) is 34.6 Å². The Hall–Kier alpha value is -2.55. The van der Waals surface area contributed by atoms with Crippen molar-refractivity contribution in [1.82, 2.24) is 0 Å². The molecule has 0 bridgehead atoms. The average Bonchev–Trinajstić information content (AvgIpc) is 2.78. The largest absolute Gasteiger partial charge is 0.481 e. The van der Waals surface area contributed by atoms with Crippen LogP contribution in [0.2, 0.25) is 0 Å². The molecule has 2 N–H and O–H groups in total. The van der Waals surface area contributed by atoms with Gasteiger partial charge in [-0.25, -0.2) is 17.6 Å². The number of nitrogens with one attached hydrogen (secondary N) is 1. The fraction of sp³-hybridized carbons (Fsp3) is 0.417. The van der Waals surface area contributed by atoms with Gasteiger partial charge >= 0.3 is 5.97 Å². The minimum atomic E-state index is -1.64. The van der Waals surface area contributed by atoms with Crippen molar-refractivity contribution in [2.24, 2.45) is 11.3 Å². The Labute approximate surface area is 193 Å². The van der Waals surface area contributed by atoms with Gasteiger partial charge in [0.15, 0.2) is 17.5 Å². The van der Waals surface area contributed by atoms with E-state index in [1.165, 1.54) is 23.9 Å². The molecule has 9 heteroatoms. The van der Waals surface area contributed by atoms with Crippen LogP contribution < -0.4 is 5.32 Å². The first-order chi connectivity index (χ1) is 15.6. The summed E-state index contributed by atoms with van der Waals surface area (Å²) in [4.78, 5) is 24.7. The van der Waals surface area contributed by atoms with Gasteiger partial charge in [-0.1, -0.05) is 20.3 Å². The number of benzene rings is 2. The van der Waals surface area contributed by atoms with E-state index in [1.54, 1.807) is 0 Å². The normalized spacial score (nSPS) is 22.7. The molecule has 0 spiro atoms. The summed E-state index contributed by atoms with van der Waals surface area (Å²) >= 11 is 1.26. The van der Waals surface area contributed by atoms with Gasteiger partial charge < -0.3 is 10.4 Å². The van der Waals surface area contributed by atoms with Crippen molar-refractivity contribution in [2.45, 2.75) is 56.1 Å². The van der Waals surface area contributed by atoms with Crippen LogP contribution >= 0.6 is 11.8 Å². The Kier molecular flexibility index (Phi) is 7.72. The van der Waals surface area contributed by atoms with Gasteiger partial charge in [0.1, 0.15) is 5.82 Å². The molecule has 3 rings (SSSR count). The van der Waals surface area contributed by atoms with Crippen LogP contribution in [0.15, 0.2) is 35.2 Å². The van der Waals surface area contributed by atoms with Crippen LogP contribution in [0.5, 0.6) is 0 Å². The summed E-state index contributed by atoms with van der Waals surface area (Å²) in [6.07, 6.45) is 2.95.